The predicted molar refractivity (Wildman–Crippen MR) is 119 cm³/mol. The summed E-state index contributed by atoms with van der Waals surface area (Å²) in [6.45, 7) is 1.65. The zero-order valence-electron chi connectivity index (χ0n) is 17.7. The van der Waals surface area contributed by atoms with Crippen LogP contribution in [0.15, 0.2) is 47.7 Å². The molecule has 1 aromatic carbocycles. The highest BCUT2D eigenvalue weighted by Gasteiger charge is 2.32. The molecule has 3 aromatic rings. The summed E-state index contributed by atoms with van der Waals surface area (Å²) in [5.74, 6) is -1.27. The number of primary amides is 1. The van der Waals surface area contributed by atoms with Crippen molar-refractivity contribution >= 4 is 35.5 Å². The van der Waals surface area contributed by atoms with Gasteiger partial charge in [-0.2, -0.15) is 0 Å². The van der Waals surface area contributed by atoms with E-state index in [0.29, 0.717) is 28.2 Å². The van der Waals surface area contributed by atoms with Gasteiger partial charge in [0.15, 0.2) is 0 Å². The monoisotopic (exact) mass is 452 g/mol. The SMILES string of the molecule is CC(=O)NC[C@H]1CN(c2ccc(-c3ccc4nc(C=NCC(N)=O)cn4c3)c(F)c2)C(=O)O1. The molecule has 2 aromatic heterocycles. The van der Waals surface area contributed by atoms with Crippen LogP contribution in [-0.4, -0.2) is 59.2 Å². The van der Waals surface area contributed by atoms with Crippen molar-refractivity contribution in [3.05, 3.63) is 54.2 Å². The van der Waals surface area contributed by atoms with Crippen molar-refractivity contribution in [3.8, 4) is 11.1 Å². The molecule has 0 saturated carbocycles. The van der Waals surface area contributed by atoms with Crippen LogP contribution in [0, 0.1) is 5.82 Å². The van der Waals surface area contributed by atoms with Crippen LogP contribution in [0.25, 0.3) is 16.8 Å². The predicted octanol–water partition coefficient (Wildman–Crippen LogP) is 1.51. The number of hydrogen-bond acceptors (Lipinski definition) is 6. The first-order chi connectivity index (χ1) is 15.8. The van der Waals surface area contributed by atoms with E-state index in [0.717, 1.165) is 0 Å². The van der Waals surface area contributed by atoms with Gasteiger partial charge in [0.05, 0.1) is 24.5 Å². The number of aromatic nitrogens is 2. The second kappa shape index (κ2) is 9.07. The third kappa shape index (κ3) is 4.97. The molecule has 11 heteroatoms. The van der Waals surface area contributed by atoms with Gasteiger partial charge < -0.3 is 20.2 Å². The molecule has 1 aliphatic heterocycles. The van der Waals surface area contributed by atoms with Gasteiger partial charge in [0.2, 0.25) is 11.8 Å². The van der Waals surface area contributed by atoms with Crippen molar-refractivity contribution in [1.29, 1.82) is 0 Å². The van der Waals surface area contributed by atoms with E-state index in [1.165, 1.54) is 24.1 Å². The van der Waals surface area contributed by atoms with E-state index in [-0.39, 0.29) is 25.5 Å². The Hall–Kier alpha value is -4.28. The minimum atomic E-state index is -0.595. The third-order valence-electron chi connectivity index (χ3n) is 4.97. The highest BCUT2D eigenvalue weighted by atomic mass is 19.1. The van der Waals surface area contributed by atoms with E-state index in [1.54, 1.807) is 41.1 Å². The van der Waals surface area contributed by atoms with Gasteiger partial charge in [-0.05, 0) is 30.3 Å². The number of nitrogens with one attached hydrogen (secondary N) is 1. The Morgan fingerprint density at radius 2 is 2.15 bits per heavy atom. The zero-order chi connectivity index (χ0) is 23.5. The van der Waals surface area contributed by atoms with E-state index in [4.69, 9.17) is 10.5 Å². The minimum Gasteiger partial charge on any atom is -0.442 e. The quantitative estimate of drug-likeness (QED) is 0.525. The summed E-state index contributed by atoms with van der Waals surface area (Å²) in [5, 5.41) is 2.60. The molecule has 0 spiro atoms. The first kappa shape index (κ1) is 21.9. The van der Waals surface area contributed by atoms with Crippen molar-refractivity contribution in [2.75, 3.05) is 24.5 Å². The topological polar surface area (TPSA) is 131 Å². The number of imidazole rings is 1. The molecule has 1 atom stereocenters. The van der Waals surface area contributed by atoms with Crippen LogP contribution < -0.4 is 16.0 Å². The molecule has 4 rings (SSSR count). The number of carbonyl (C=O) groups excluding carboxylic acids is 3. The average Bonchev–Trinajstić information content (AvgIpc) is 3.34. The van der Waals surface area contributed by atoms with Crippen molar-refractivity contribution in [3.63, 3.8) is 0 Å². The maximum Gasteiger partial charge on any atom is 0.414 e. The molecule has 0 radical (unpaired) electrons. The van der Waals surface area contributed by atoms with Gasteiger partial charge in [0.25, 0.3) is 0 Å². The fourth-order valence-corrected chi connectivity index (χ4v) is 3.46. The summed E-state index contributed by atoms with van der Waals surface area (Å²) in [6.07, 6.45) is 3.77. The van der Waals surface area contributed by atoms with Crippen LogP contribution in [0.3, 0.4) is 0 Å². The molecule has 170 valence electrons. The van der Waals surface area contributed by atoms with Gasteiger partial charge in [0.1, 0.15) is 24.1 Å². The van der Waals surface area contributed by atoms with Crippen LogP contribution in [0.1, 0.15) is 12.6 Å². The number of cyclic esters (lactones) is 1. The lowest BCUT2D eigenvalue weighted by molar-refractivity contribution is -0.119. The summed E-state index contributed by atoms with van der Waals surface area (Å²) in [7, 11) is 0. The highest BCUT2D eigenvalue weighted by Crippen LogP contribution is 2.29. The molecule has 33 heavy (non-hydrogen) atoms. The lowest BCUT2D eigenvalue weighted by atomic mass is 10.1. The van der Waals surface area contributed by atoms with Crippen molar-refractivity contribution in [2.24, 2.45) is 10.7 Å². The van der Waals surface area contributed by atoms with E-state index >= 15 is 0 Å². The van der Waals surface area contributed by atoms with Gasteiger partial charge in [0, 0.05) is 36.7 Å². The number of halogens is 1. The molecule has 10 nitrogen and oxygen atoms in total. The number of carbonyl (C=O) groups is 3. The summed E-state index contributed by atoms with van der Waals surface area (Å²) < 4.78 is 21.9. The van der Waals surface area contributed by atoms with Gasteiger partial charge >= 0.3 is 6.09 Å². The Balaban J connectivity index is 1.53. The molecule has 1 fully saturated rings. The number of nitrogens with zero attached hydrogens (tertiary/aromatic N) is 4. The molecule has 0 aliphatic carbocycles. The van der Waals surface area contributed by atoms with E-state index < -0.39 is 23.9 Å². The molecule has 3 heterocycles. The Kier molecular flexibility index (Phi) is 6.03. The van der Waals surface area contributed by atoms with Crippen molar-refractivity contribution in [1.82, 2.24) is 14.7 Å². The van der Waals surface area contributed by atoms with Crippen LogP contribution in [0.4, 0.5) is 14.9 Å². The number of hydrogen-bond donors (Lipinski definition) is 2. The fraction of sp³-hybridized carbons (Fsp3) is 0.227. The number of amides is 3. The first-order valence-electron chi connectivity index (χ1n) is 10.1. The Bertz CT molecular complexity index is 1270. The first-order valence-corrected chi connectivity index (χ1v) is 10.1. The summed E-state index contributed by atoms with van der Waals surface area (Å²) in [5.41, 5.74) is 7.54. The maximum atomic E-state index is 15.0. The fourth-order valence-electron chi connectivity index (χ4n) is 3.46. The van der Waals surface area contributed by atoms with Crippen LogP contribution in [-0.2, 0) is 14.3 Å². The zero-order valence-corrected chi connectivity index (χ0v) is 17.7. The maximum absolute atomic E-state index is 15.0. The largest absolute Gasteiger partial charge is 0.442 e. The van der Waals surface area contributed by atoms with Crippen molar-refractivity contribution in [2.45, 2.75) is 13.0 Å². The van der Waals surface area contributed by atoms with Gasteiger partial charge in [-0.3, -0.25) is 19.5 Å². The third-order valence-corrected chi connectivity index (χ3v) is 4.97. The molecular weight excluding hydrogens is 431 g/mol. The number of nitrogens with two attached hydrogens (primary N) is 1. The second-order valence-electron chi connectivity index (χ2n) is 7.50. The number of rotatable bonds is 7. The standard InChI is InChI=1S/C22H21FN6O4/c1-13(30)26-8-17-12-29(22(32)33-17)16-3-4-18(19(23)6-16)14-2-5-21-27-15(11-28(21)10-14)7-25-9-20(24)31/h2-7,10-11,17H,8-9,12H2,1H3,(H2,24,31)(H,26,30)/t17-/m0/s1. The number of pyridine rings is 1. The minimum absolute atomic E-state index is 0.130. The highest BCUT2D eigenvalue weighted by molar-refractivity contribution is 5.90. The number of aliphatic imine (C=N–C) groups is 1. The summed E-state index contributed by atoms with van der Waals surface area (Å²) in [6, 6.07) is 7.97. The number of ether oxygens (including phenoxy) is 1. The van der Waals surface area contributed by atoms with Gasteiger partial charge in [-0.25, -0.2) is 14.2 Å². The lowest BCUT2D eigenvalue weighted by Crippen LogP contribution is -2.33. The molecule has 0 unspecified atom stereocenters. The van der Waals surface area contributed by atoms with Gasteiger partial charge in [-0.15, -0.1) is 0 Å². The molecule has 3 amide bonds. The van der Waals surface area contributed by atoms with E-state index in [1.807, 2.05) is 0 Å². The molecular formula is C22H21FN6O4. The number of anilines is 1. The average molecular weight is 452 g/mol. The van der Waals surface area contributed by atoms with Gasteiger partial charge in [-0.1, -0.05) is 0 Å². The Morgan fingerprint density at radius 1 is 1.33 bits per heavy atom. The van der Waals surface area contributed by atoms with E-state index in [9.17, 15) is 18.8 Å². The Labute approximate surface area is 187 Å². The van der Waals surface area contributed by atoms with Crippen LogP contribution in [0.5, 0.6) is 0 Å². The number of fused-ring (bicyclic) bond motifs is 1. The smallest absolute Gasteiger partial charge is 0.414 e. The van der Waals surface area contributed by atoms with Crippen molar-refractivity contribution < 1.29 is 23.5 Å². The molecule has 3 N–H and O–H groups in total. The molecule has 0 bridgehead atoms. The van der Waals surface area contributed by atoms with Crippen LogP contribution >= 0.6 is 0 Å². The Morgan fingerprint density at radius 3 is 2.88 bits per heavy atom. The normalized spacial score (nSPS) is 15.9. The number of benzene rings is 1. The second-order valence-corrected chi connectivity index (χ2v) is 7.50. The molecule has 1 aliphatic rings. The summed E-state index contributed by atoms with van der Waals surface area (Å²) >= 11 is 0. The van der Waals surface area contributed by atoms with E-state index in [2.05, 4.69) is 15.3 Å². The lowest BCUT2D eigenvalue weighted by Gasteiger charge is -2.14. The summed E-state index contributed by atoms with van der Waals surface area (Å²) in [4.78, 5) is 43.6. The van der Waals surface area contributed by atoms with Crippen LogP contribution in [0.2, 0.25) is 0 Å². The molecule has 1 saturated heterocycles.